The summed E-state index contributed by atoms with van der Waals surface area (Å²) in [5, 5.41) is 8.55. The normalized spacial score (nSPS) is 9.59. The molecule has 0 aromatic heterocycles. The van der Waals surface area contributed by atoms with E-state index in [0.717, 1.165) is 24.3 Å². The largest absolute Gasteiger partial charge is 0.205 e. The van der Waals surface area contributed by atoms with Gasteiger partial charge in [-0.1, -0.05) is 24.5 Å². The first-order valence-electron chi connectivity index (χ1n) is 5.99. The Bertz CT molecular complexity index is 820. The molecule has 0 aliphatic carbocycles. The Morgan fingerprint density at radius 1 is 0.818 bits per heavy atom. The molecule has 0 saturated carbocycles. The van der Waals surface area contributed by atoms with Crippen LogP contribution in [0.4, 0.5) is 17.6 Å². The summed E-state index contributed by atoms with van der Waals surface area (Å²) < 4.78 is 54.2. The van der Waals surface area contributed by atoms with Crippen LogP contribution in [-0.2, 0) is 0 Å². The predicted octanol–water partition coefficient (Wildman–Crippen LogP) is 4.16. The Morgan fingerprint density at radius 2 is 1.32 bits per heavy atom. The van der Waals surface area contributed by atoms with E-state index in [-0.39, 0.29) is 11.1 Å². The maximum Gasteiger partial charge on any atom is 0.145 e. The molecule has 2 rings (SSSR count). The van der Waals surface area contributed by atoms with Crippen molar-refractivity contribution in [1.29, 1.82) is 5.26 Å². The minimum atomic E-state index is -1.09. The van der Waals surface area contributed by atoms with Gasteiger partial charge in [-0.25, -0.2) is 17.6 Å². The van der Waals surface area contributed by atoms with Crippen LogP contribution in [0.25, 0.3) is 6.08 Å². The molecule has 1 nitrogen and oxygen atoms in total. The Kier molecular flexibility index (Phi) is 4.29. The topological polar surface area (TPSA) is 23.8 Å². The minimum absolute atomic E-state index is 0.138. The second kappa shape index (κ2) is 6.15. The molecule has 2 aromatic carbocycles. The lowest BCUT2D eigenvalue weighted by atomic mass is 10.1. The molecule has 22 heavy (non-hydrogen) atoms. The van der Waals surface area contributed by atoms with Crippen LogP contribution in [0.2, 0.25) is 0 Å². The number of halogens is 4. The summed E-state index contributed by atoms with van der Waals surface area (Å²) in [7, 11) is 0. The molecule has 0 radical (unpaired) electrons. The van der Waals surface area contributed by atoms with Crippen molar-refractivity contribution in [2.75, 3.05) is 0 Å². The summed E-state index contributed by atoms with van der Waals surface area (Å²) in [5.74, 6) is 0.470. The fraction of sp³-hybridized carbons (Fsp3) is 0. The van der Waals surface area contributed by atoms with Crippen molar-refractivity contribution in [3.05, 3.63) is 76.4 Å². The van der Waals surface area contributed by atoms with E-state index in [1.165, 1.54) is 12.1 Å². The Morgan fingerprint density at radius 3 is 1.77 bits per heavy atom. The van der Waals surface area contributed by atoms with Gasteiger partial charge in [-0.15, -0.1) is 0 Å². The molecule has 0 saturated heterocycles. The Labute approximate surface area is 124 Å². The van der Waals surface area contributed by atoms with Crippen molar-refractivity contribution < 1.29 is 17.6 Å². The molecule has 2 aromatic rings. The summed E-state index contributed by atoms with van der Waals surface area (Å²) >= 11 is 0. The number of nitrogens with zero attached hydrogens (tertiary/aromatic N) is 1. The third-order valence-electron chi connectivity index (χ3n) is 2.79. The molecule has 0 amide bonds. The van der Waals surface area contributed by atoms with E-state index in [4.69, 9.17) is 5.26 Å². The lowest BCUT2D eigenvalue weighted by Gasteiger charge is -2.00. The van der Waals surface area contributed by atoms with E-state index >= 15 is 0 Å². The van der Waals surface area contributed by atoms with Crippen LogP contribution in [-0.4, -0.2) is 0 Å². The molecule has 0 fully saturated rings. The summed E-state index contributed by atoms with van der Waals surface area (Å²) in [5.41, 5.74) is -1.15. The quantitative estimate of drug-likeness (QED) is 0.573. The fourth-order valence-electron chi connectivity index (χ4n) is 1.72. The van der Waals surface area contributed by atoms with E-state index in [9.17, 15) is 17.6 Å². The van der Waals surface area contributed by atoms with Gasteiger partial charge in [0.05, 0.1) is 5.56 Å². The van der Waals surface area contributed by atoms with Crippen LogP contribution >= 0.6 is 0 Å². The van der Waals surface area contributed by atoms with E-state index in [1.54, 1.807) is 0 Å². The van der Waals surface area contributed by atoms with Gasteiger partial charge in [-0.2, -0.15) is 5.26 Å². The summed E-state index contributed by atoms with van der Waals surface area (Å²) in [6.07, 6.45) is 1.27. The lowest BCUT2D eigenvalue weighted by molar-refractivity contribution is 0.576. The van der Waals surface area contributed by atoms with Crippen LogP contribution in [0, 0.1) is 46.4 Å². The molecule has 0 aliphatic rings. The third-order valence-corrected chi connectivity index (χ3v) is 2.79. The smallest absolute Gasteiger partial charge is 0.145 e. The molecule has 0 unspecified atom stereocenters. The van der Waals surface area contributed by atoms with Crippen molar-refractivity contribution in [2.24, 2.45) is 0 Å². The zero-order valence-electron chi connectivity index (χ0n) is 11.1. The van der Waals surface area contributed by atoms with Gasteiger partial charge in [-0.3, -0.25) is 0 Å². The zero-order chi connectivity index (χ0) is 16.3. The predicted molar refractivity (Wildman–Crippen MR) is 73.5 cm³/mol. The molecule has 0 N–H and O–H groups in total. The minimum Gasteiger partial charge on any atom is -0.205 e. The van der Waals surface area contributed by atoms with Crippen LogP contribution in [0.15, 0.2) is 30.8 Å². The van der Waals surface area contributed by atoms with Crippen LogP contribution in [0.3, 0.4) is 0 Å². The zero-order valence-corrected chi connectivity index (χ0v) is 11.1. The first-order valence-corrected chi connectivity index (χ1v) is 5.99. The molecule has 0 heterocycles. The van der Waals surface area contributed by atoms with Gasteiger partial charge < -0.3 is 0 Å². The van der Waals surface area contributed by atoms with Gasteiger partial charge in [-0.05, 0) is 29.8 Å². The first kappa shape index (κ1) is 15.3. The van der Waals surface area contributed by atoms with E-state index < -0.39 is 34.4 Å². The van der Waals surface area contributed by atoms with Gasteiger partial charge in [0.25, 0.3) is 0 Å². The molecule has 0 atom stereocenters. The summed E-state index contributed by atoms with van der Waals surface area (Å²) in [4.78, 5) is 0. The number of hydrogen-bond donors (Lipinski definition) is 0. The molecule has 5 heteroatoms. The van der Waals surface area contributed by atoms with Crippen LogP contribution in [0.1, 0.15) is 22.3 Å². The highest BCUT2D eigenvalue weighted by molar-refractivity contribution is 5.52. The van der Waals surface area contributed by atoms with Crippen molar-refractivity contribution >= 4 is 6.08 Å². The van der Waals surface area contributed by atoms with Gasteiger partial charge in [0, 0.05) is 5.56 Å². The van der Waals surface area contributed by atoms with Crippen molar-refractivity contribution in [3.8, 4) is 17.9 Å². The van der Waals surface area contributed by atoms with E-state index in [1.807, 2.05) is 0 Å². The second-order valence-electron chi connectivity index (χ2n) is 4.24. The molecule has 108 valence electrons. The van der Waals surface area contributed by atoms with E-state index in [2.05, 4.69) is 18.4 Å². The highest BCUT2D eigenvalue weighted by atomic mass is 19.1. The second-order valence-corrected chi connectivity index (χ2v) is 4.24. The molecular weight excluding hydrogens is 294 g/mol. The lowest BCUT2D eigenvalue weighted by Crippen LogP contribution is -1.93. The van der Waals surface area contributed by atoms with Crippen molar-refractivity contribution in [2.45, 2.75) is 0 Å². The Balaban J connectivity index is 2.48. The average molecular weight is 301 g/mol. The first-order chi connectivity index (χ1) is 10.5. The van der Waals surface area contributed by atoms with E-state index in [0.29, 0.717) is 0 Å². The van der Waals surface area contributed by atoms with Crippen LogP contribution < -0.4 is 0 Å². The molecule has 0 bridgehead atoms. The monoisotopic (exact) mass is 301 g/mol. The summed E-state index contributed by atoms with van der Waals surface area (Å²) in [6, 6.07) is 5.10. The highest BCUT2D eigenvalue weighted by Crippen LogP contribution is 2.17. The summed E-state index contributed by atoms with van der Waals surface area (Å²) in [6.45, 7) is 3.39. The van der Waals surface area contributed by atoms with Gasteiger partial charge in [0.2, 0.25) is 0 Å². The maximum atomic E-state index is 13.7. The van der Waals surface area contributed by atoms with Gasteiger partial charge in [0.1, 0.15) is 34.9 Å². The van der Waals surface area contributed by atoms with Gasteiger partial charge in [0.15, 0.2) is 0 Å². The van der Waals surface area contributed by atoms with Crippen molar-refractivity contribution in [1.82, 2.24) is 0 Å². The molecule has 0 aliphatic heterocycles. The fourth-order valence-corrected chi connectivity index (χ4v) is 1.72. The number of benzene rings is 2. The molecular formula is C17H7F4N. The Hall–Kier alpha value is -3.05. The van der Waals surface area contributed by atoms with Crippen molar-refractivity contribution in [3.63, 3.8) is 0 Å². The SMILES string of the molecule is C=Cc1cc(F)c(C#Cc2cc(F)c(C#N)c(F)c2)c(F)c1. The standard InChI is InChI=1S/C17H7F4N/c1-2-10-5-14(18)12(15(19)6-10)4-3-11-7-16(20)13(9-22)17(21)8-11/h2,5-8H,1H2. The number of rotatable bonds is 1. The van der Waals surface area contributed by atoms with Crippen LogP contribution in [0.5, 0.6) is 0 Å². The number of nitriles is 1. The third kappa shape index (κ3) is 2.99. The van der Waals surface area contributed by atoms with Gasteiger partial charge >= 0.3 is 0 Å². The molecule has 0 spiro atoms. The average Bonchev–Trinajstić information content (AvgIpc) is 2.45. The highest BCUT2D eigenvalue weighted by Gasteiger charge is 2.10. The maximum absolute atomic E-state index is 13.7. The number of hydrogen-bond acceptors (Lipinski definition) is 1.